The van der Waals surface area contributed by atoms with E-state index in [0.29, 0.717) is 41.7 Å². The highest BCUT2D eigenvalue weighted by atomic mass is 79.9. The zero-order chi connectivity index (χ0) is 43.2. The molecule has 8 N–H and O–H groups in total. The molecule has 10 nitrogen and oxygen atoms in total. The summed E-state index contributed by atoms with van der Waals surface area (Å²) in [5, 5.41) is 58.0. The topological polar surface area (TPSA) is 156 Å². The normalized spacial score (nSPS) is 10.4. The second-order valence-electron chi connectivity index (χ2n) is 13.3. The number of aryl methyl sites for hydroxylation is 1. The molecule has 1 heterocycles. The molecule has 312 valence electrons. The van der Waals surface area contributed by atoms with E-state index < -0.39 is 0 Å². The average Bonchev–Trinajstić information content (AvgIpc) is 3.65. The fourth-order valence-corrected chi connectivity index (χ4v) is 7.48. The first-order valence-corrected chi connectivity index (χ1v) is 20.8. The Morgan fingerprint density at radius 1 is 0.583 bits per heavy atom. The van der Waals surface area contributed by atoms with Crippen LogP contribution in [0.4, 0.5) is 17.1 Å². The van der Waals surface area contributed by atoms with Crippen molar-refractivity contribution in [3.8, 4) is 46.0 Å². The largest absolute Gasteiger partial charge is 0.508 e. The molecule has 60 heavy (non-hydrogen) atoms. The first kappa shape index (κ1) is 45.2. The minimum Gasteiger partial charge on any atom is -0.508 e. The van der Waals surface area contributed by atoms with Crippen LogP contribution in [0.5, 0.6) is 46.0 Å². The maximum absolute atomic E-state index is 9.93. The first-order valence-electron chi connectivity index (χ1n) is 18.4. The molecule has 0 aliphatic heterocycles. The number of phenols is 5. The molecule has 0 saturated carbocycles. The molecule has 6 aromatic carbocycles. The van der Waals surface area contributed by atoms with Crippen LogP contribution in [0.2, 0.25) is 10.0 Å². The van der Waals surface area contributed by atoms with Crippen LogP contribution in [0.1, 0.15) is 27.1 Å². The summed E-state index contributed by atoms with van der Waals surface area (Å²) in [4.78, 5) is 1.15. The Hall–Kier alpha value is -5.92. The van der Waals surface area contributed by atoms with Gasteiger partial charge in [0.15, 0.2) is 5.75 Å². The minimum atomic E-state index is 0.00522. The van der Waals surface area contributed by atoms with Gasteiger partial charge in [-0.3, -0.25) is 0 Å². The van der Waals surface area contributed by atoms with Crippen LogP contribution < -0.4 is 25.4 Å². The molecular formula is C46H44BrCl2N3O7S. The van der Waals surface area contributed by atoms with E-state index in [1.54, 1.807) is 36.6 Å². The molecule has 0 amide bonds. The molecule has 0 spiro atoms. The highest BCUT2D eigenvalue weighted by Gasteiger charge is 2.13. The lowest BCUT2D eigenvalue weighted by molar-refractivity contribution is 0.413. The van der Waals surface area contributed by atoms with Gasteiger partial charge in [-0.15, -0.1) is 11.3 Å². The number of hydrogen-bond acceptors (Lipinski definition) is 11. The lowest BCUT2D eigenvalue weighted by atomic mass is 10.1. The molecule has 0 unspecified atom stereocenters. The monoisotopic (exact) mass is 931 g/mol. The summed E-state index contributed by atoms with van der Waals surface area (Å²) in [7, 11) is 1.62. The number of anilines is 3. The Labute approximate surface area is 371 Å². The Balaban J connectivity index is 0.000000175. The third-order valence-electron chi connectivity index (χ3n) is 8.72. The van der Waals surface area contributed by atoms with Gasteiger partial charge in [0.05, 0.1) is 33.0 Å². The lowest BCUT2D eigenvalue weighted by Gasteiger charge is -2.13. The molecule has 0 saturated heterocycles. The molecule has 0 aliphatic carbocycles. The fraction of sp³-hybridized carbons (Fsp3) is 0.130. The summed E-state index contributed by atoms with van der Waals surface area (Å²) in [5.74, 6) is 2.40. The quantitative estimate of drug-likeness (QED) is 0.0438. The number of phenolic OH excluding ortho intramolecular Hbond substituents is 5. The van der Waals surface area contributed by atoms with Gasteiger partial charge in [0.25, 0.3) is 0 Å². The molecule has 7 aromatic rings. The lowest BCUT2D eigenvalue weighted by Crippen LogP contribution is -2.00. The minimum absolute atomic E-state index is 0.00522. The molecule has 0 aliphatic rings. The van der Waals surface area contributed by atoms with Crippen LogP contribution >= 0.6 is 50.5 Å². The molecule has 14 heteroatoms. The van der Waals surface area contributed by atoms with Crippen molar-refractivity contribution >= 4 is 67.5 Å². The highest BCUT2D eigenvalue weighted by Crippen LogP contribution is 2.39. The number of nitrogens with one attached hydrogen (secondary N) is 3. The third kappa shape index (κ3) is 13.6. The van der Waals surface area contributed by atoms with Crippen molar-refractivity contribution in [2.75, 3.05) is 23.1 Å². The number of halogens is 3. The Morgan fingerprint density at radius 3 is 1.72 bits per heavy atom. The third-order valence-corrected chi connectivity index (χ3v) is 11.0. The summed E-state index contributed by atoms with van der Waals surface area (Å²) in [5.41, 5.74) is 5.89. The zero-order valence-corrected chi connectivity index (χ0v) is 36.8. The smallest absolute Gasteiger partial charge is 0.157 e. The second kappa shape index (κ2) is 21.9. The van der Waals surface area contributed by atoms with E-state index in [1.807, 2.05) is 92.7 Å². The number of hydrogen-bond donors (Lipinski definition) is 8. The van der Waals surface area contributed by atoms with E-state index >= 15 is 0 Å². The maximum atomic E-state index is 9.93. The van der Waals surface area contributed by atoms with Crippen molar-refractivity contribution in [2.24, 2.45) is 0 Å². The van der Waals surface area contributed by atoms with Gasteiger partial charge in [0.2, 0.25) is 0 Å². The predicted molar refractivity (Wildman–Crippen MR) is 247 cm³/mol. The molecule has 0 atom stereocenters. The summed E-state index contributed by atoms with van der Waals surface area (Å²) in [6, 6.07) is 37.7. The van der Waals surface area contributed by atoms with Gasteiger partial charge in [-0.2, -0.15) is 0 Å². The summed E-state index contributed by atoms with van der Waals surface area (Å²) in [6.45, 7) is 5.64. The van der Waals surface area contributed by atoms with Crippen molar-refractivity contribution in [1.29, 1.82) is 0 Å². The van der Waals surface area contributed by atoms with Crippen LogP contribution in [-0.2, 0) is 19.6 Å². The Morgan fingerprint density at radius 2 is 1.17 bits per heavy atom. The number of benzene rings is 6. The SMILES string of the molecule is COc1ccc(Oc2cccc(CNc3ccc(O)cc3O)c2)cc1.Cc1c(Cl)cc(Cl)c(O)c1NCc1ccc(Br)s1.Cc1cccc(CNc2ccc(O)cc2O)c1. The van der Waals surface area contributed by atoms with Gasteiger partial charge in [0.1, 0.15) is 40.2 Å². The van der Waals surface area contributed by atoms with E-state index in [2.05, 4.69) is 37.9 Å². The van der Waals surface area contributed by atoms with Crippen LogP contribution in [0.3, 0.4) is 0 Å². The van der Waals surface area contributed by atoms with Gasteiger partial charge in [-0.1, -0.05) is 65.2 Å². The standard InChI is InChI=1S/C20H19NO4.C14H15NO2.C12H10BrCl2NOS/c1-24-16-6-8-17(9-7-16)25-18-4-2-3-14(11-18)13-21-19-10-5-15(22)12-20(19)23;1-10-3-2-4-11(7-10)9-15-13-6-5-12(16)8-14(13)17;1-6-8(14)4-9(15)12(17)11(6)16-5-7-2-3-10(13)18-7/h2-12,21-23H,13H2,1H3;2-8,15-17H,9H2,1H3;2-4,16-17H,5H2,1H3. The van der Waals surface area contributed by atoms with Crippen molar-refractivity contribution in [3.63, 3.8) is 0 Å². The van der Waals surface area contributed by atoms with E-state index in [4.69, 9.17) is 32.7 Å². The van der Waals surface area contributed by atoms with Crippen LogP contribution in [0.15, 0.2) is 131 Å². The maximum Gasteiger partial charge on any atom is 0.157 e. The Kier molecular flexibility index (Phi) is 16.5. The van der Waals surface area contributed by atoms with Crippen molar-refractivity contribution in [1.82, 2.24) is 0 Å². The number of rotatable bonds is 12. The molecule has 0 fully saturated rings. The second-order valence-corrected chi connectivity index (χ2v) is 16.6. The van der Waals surface area contributed by atoms with Crippen molar-refractivity contribution in [3.05, 3.63) is 168 Å². The molecule has 0 radical (unpaired) electrons. The molecule has 7 rings (SSSR count). The van der Waals surface area contributed by atoms with Gasteiger partial charge >= 0.3 is 0 Å². The Bertz CT molecular complexity index is 2480. The molecule has 0 bridgehead atoms. The molecule has 1 aromatic heterocycles. The van der Waals surface area contributed by atoms with Crippen LogP contribution in [0, 0.1) is 13.8 Å². The number of ether oxygens (including phenoxy) is 2. The first-order chi connectivity index (χ1) is 28.8. The van der Waals surface area contributed by atoms with Crippen molar-refractivity contribution < 1.29 is 35.0 Å². The van der Waals surface area contributed by atoms with Gasteiger partial charge < -0.3 is 51.0 Å². The van der Waals surface area contributed by atoms with Crippen molar-refractivity contribution in [2.45, 2.75) is 33.5 Å². The number of methoxy groups -OCH3 is 1. The summed E-state index contributed by atoms with van der Waals surface area (Å²) >= 11 is 17.0. The van der Waals surface area contributed by atoms with E-state index in [0.717, 1.165) is 42.6 Å². The van der Waals surface area contributed by atoms with Crippen LogP contribution in [-0.4, -0.2) is 32.6 Å². The fourth-order valence-electron chi connectivity index (χ4n) is 5.60. The van der Waals surface area contributed by atoms with E-state index in [-0.39, 0.29) is 33.8 Å². The average molecular weight is 934 g/mol. The number of thiophene rings is 1. The van der Waals surface area contributed by atoms with Gasteiger partial charge in [-0.25, -0.2) is 0 Å². The van der Waals surface area contributed by atoms with Gasteiger partial charge in [-0.05, 0) is 125 Å². The summed E-state index contributed by atoms with van der Waals surface area (Å²) < 4.78 is 12.0. The predicted octanol–water partition coefficient (Wildman–Crippen LogP) is 13.0. The number of aromatic hydroxyl groups is 5. The highest BCUT2D eigenvalue weighted by molar-refractivity contribution is 9.11. The van der Waals surface area contributed by atoms with Gasteiger partial charge in [0, 0.05) is 41.7 Å². The molecular weight excluding hydrogens is 889 g/mol. The zero-order valence-electron chi connectivity index (χ0n) is 32.8. The van der Waals surface area contributed by atoms with Crippen LogP contribution in [0.25, 0.3) is 0 Å². The summed E-state index contributed by atoms with van der Waals surface area (Å²) in [6.07, 6.45) is 0. The van der Waals surface area contributed by atoms with E-state index in [1.165, 1.54) is 29.8 Å². The van der Waals surface area contributed by atoms with E-state index in [9.17, 15) is 25.5 Å².